The Kier molecular flexibility index (Phi) is 5.09. The summed E-state index contributed by atoms with van der Waals surface area (Å²) in [5.41, 5.74) is 0.947. The van der Waals surface area contributed by atoms with Crippen molar-refractivity contribution in [1.82, 2.24) is 4.90 Å². The molecule has 5 nitrogen and oxygen atoms in total. The van der Waals surface area contributed by atoms with E-state index in [0.29, 0.717) is 28.8 Å². The highest BCUT2D eigenvalue weighted by Gasteiger charge is 2.35. The van der Waals surface area contributed by atoms with E-state index in [9.17, 15) is 9.59 Å². The van der Waals surface area contributed by atoms with Crippen molar-refractivity contribution in [2.24, 2.45) is 0 Å². The van der Waals surface area contributed by atoms with Gasteiger partial charge in [0, 0.05) is 11.6 Å². The first kappa shape index (κ1) is 17.1. The quantitative estimate of drug-likeness (QED) is 0.563. The SMILES string of the molecule is C=C(CN1C(=O)S/C(=C\c2ccc(-c3ccccc3)o2)C1=O)OCC. The maximum Gasteiger partial charge on any atom is 0.293 e. The molecule has 128 valence electrons. The number of carbonyl (C=O) groups excluding carboxylic acids is 2. The fourth-order valence-corrected chi connectivity index (χ4v) is 3.20. The van der Waals surface area contributed by atoms with Crippen molar-refractivity contribution in [3.63, 3.8) is 0 Å². The smallest absolute Gasteiger partial charge is 0.293 e. The van der Waals surface area contributed by atoms with Gasteiger partial charge in [0.2, 0.25) is 0 Å². The number of furan rings is 1. The Morgan fingerprint density at radius 3 is 2.72 bits per heavy atom. The van der Waals surface area contributed by atoms with E-state index in [1.54, 1.807) is 12.1 Å². The summed E-state index contributed by atoms with van der Waals surface area (Å²) >= 11 is 0.884. The molecule has 0 atom stereocenters. The number of rotatable bonds is 6. The minimum Gasteiger partial charge on any atom is -0.497 e. The van der Waals surface area contributed by atoms with Crippen LogP contribution in [0, 0.1) is 0 Å². The standard InChI is InChI=1S/C19H17NO4S/c1-3-23-13(2)12-20-18(21)17(25-19(20)22)11-15-9-10-16(24-15)14-7-5-4-6-8-14/h4-11H,2-3,12H2,1H3/b17-11-. The van der Waals surface area contributed by atoms with Crippen LogP contribution in [0.1, 0.15) is 12.7 Å². The van der Waals surface area contributed by atoms with Crippen LogP contribution in [-0.4, -0.2) is 29.2 Å². The molecular formula is C19H17NO4S. The molecule has 1 aromatic carbocycles. The van der Waals surface area contributed by atoms with Crippen LogP contribution in [0.5, 0.6) is 0 Å². The predicted molar refractivity (Wildman–Crippen MR) is 97.6 cm³/mol. The largest absolute Gasteiger partial charge is 0.497 e. The lowest BCUT2D eigenvalue weighted by Gasteiger charge is -2.14. The van der Waals surface area contributed by atoms with E-state index in [4.69, 9.17) is 9.15 Å². The van der Waals surface area contributed by atoms with Crippen LogP contribution in [0.2, 0.25) is 0 Å². The van der Waals surface area contributed by atoms with Crippen molar-refractivity contribution in [3.8, 4) is 11.3 Å². The summed E-state index contributed by atoms with van der Waals surface area (Å²) in [7, 11) is 0. The summed E-state index contributed by atoms with van der Waals surface area (Å²) in [5, 5.41) is -0.341. The topological polar surface area (TPSA) is 59.8 Å². The van der Waals surface area contributed by atoms with E-state index in [0.717, 1.165) is 22.2 Å². The van der Waals surface area contributed by atoms with E-state index in [-0.39, 0.29) is 17.7 Å². The molecule has 0 N–H and O–H groups in total. The second-order valence-electron chi connectivity index (χ2n) is 5.31. The maximum atomic E-state index is 12.4. The number of imide groups is 1. The maximum absolute atomic E-state index is 12.4. The molecule has 0 bridgehead atoms. The van der Waals surface area contributed by atoms with Crippen LogP contribution in [0.4, 0.5) is 4.79 Å². The lowest BCUT2D eigenvalue weighted by Crippen LogP contribution is -2.30. The molecule has 1 aromatic heterocycles. The molecule has 0 aliphatic carbocycles. The first-order chi connectivity index (χ1) is 12.1. The molecule has 2 amide bonds. The lowest BCUT2D eigenvalue weighted by molar-refractivity contribution is -0.122. The first-order valence-electron chi connectivity index (χ1n) is 7.79. The molecule has 2 aromatic rings. The van der Waals surface area contributed by atoms with Crippen LogP contribution in [0.15, 0.2) is 64.1 Å². The third kappa shape index (κ3) is 3.85. The van der Waals surface area contributed by atoms with Gasteiger partial charge in [-0.05, 0) is 30.8 Å². The van der Waals surface area contributed by atoms with E-state index in [1.165, 1.54) is 0 Å². The average Bonchev–Trinajstić information content (AvgIpc) is 3.17. The number of nitrogens with zero attached hydrogens (tertiary/aromatic N) is 1. The zero-order chi connectivity index (χ0) is 17.8. The number of carbonyl (C=O) groups is 2. The van der Waals surface area contributed by atoms with Crippen LogP contribution < -0.4 is 0 Å². The summed E-state index contributed by atoms with van der Waals surface area (Å²) < 4.78 is 11.0. The number of ether oxygens (including phenoxy) is 1. The van der Waals surface area contributed by atoms with E-state index in [1.807, 2.05) is 43.3 Å². The Labute approximate surface area is 150 Å². The Morgan fingerprint density at radius 2 is 2.00 bits per heavy atom. The molecule has 0 spiro atoms. The number of thioether (sulfide) groups is 1. The highest BCUT2D eigenvalue weighted by molar-refractivity contribution is 8.18. The molecule has 0 unspecified atom stereocenters. The Morgan fingerprint density at radius 1 is 1.24 bits per heavy atom. The van der Waals surface area contributed by atoms with Gasteiger partial charge in [-0.15, -0.1) is 0 Å². The van der Waals surface area contributed by atoms with E-state index in [2.05, 4.69) is 6.58 Å². The van der Waals surface area contributed by atoms with Crippen molar-refractivity contribution >= 4 is 29.0 Å². The second kappa shape index (κ2) is 7.44. The number of hydrogen-bond acceptors (Lipinski definition) is 5. The zero-order valence-corrected chi connectivity index (χ0v) is 14.5. The number of hydrogen-bond donors (Lipinski definition) is 0. The minimum absolute atomic E-state index is 0.0588. The van der Waals surface area contributed by atoms with Gasteiger partial charge >= 0.3 is 0 Å². The van der Waals surface area contributed by atoms with Gasteiger partial charge < -0.3 is 9.15 Å². The van der Waals surface area contributed by atoms with Gasteiger partial charge in [-0.25, -0.2) is 0 Å². The average molecular weight is 355 g/mol. The molecule has 1 saturated heterocycles. The third-order valence-corrected chi connectivity index (χ3v) is 4.42. The van der Waals surface area contributed by atoms with Crippen LogP contribution in [-0.2, 0) is 9.53 Å². The normalized spacial score (nSPS) is 15.9. The molecule has 0 radical (unpaired) electrons. The number of benzene rings is 1. The molecule has 0 saturated carbocycles. The van der Waals surface area contributed by atoms with Gasteiger partial charge in [-0.3, -0.25) is 14.5 Å². The molecule has 1 aliphatic heterocycles. The van der Waals surface area contributed by atoms with Gasteiger partial charge in [0.05, 0.1) is 18.1 Å². The number of amides is 2. The molecule has 3 rings (SSSR count). The van der Waals surface area contributed by atoms with Crippen LogP contribution in [0.25, 0.3) is 17.4 Å². The zero-order valence-electron chi connectivity index (χ0n) is 13.7. The Bertz CT molecular complexity index is 838. The van der Waals surface area contributed by atoms with E-state index < -0.39 is 0 Å². The molecule has 25 heavy (non-hydrogen) atoms. The minimum atomic E-state index is -0.367. The Balaban J connectivity index is 1.76. The van der Waals surface area contributed by atoms with Crippen LogP contribution >= 0.6 is 11.8 Å². The van der Waals surface area contributed by atoms with Gasteiger partial charge in [0.1, 0.15) is 17.3 Å². The molecule has 2 heterocycles. The van der Waals surface area contributed by atoms with E-state index >= 15 is 0 Å². The summed E-state index contributed by atoms with van der Waals surface area (Å²) in [5.74, 6) is 1.24. The van der Waals surface area contributed by atoms with Gasteiger partial charge in [0.15, 0.2) is 0 Å². The fourth-order valence-electron chi connectivity index (χ4n) is 2.38. The van der Waals surface area contributed by atoms with Crippen molar-refractivity contribution in [2.75, 3.05) is 13.2 Å². The van der Waals surface area contributed by atoms with Crippen LogP contribution in [0.3, 0.4) is 0 Å². The fraction of sp³-hybridized carbons (Fsp3) is 0.158. The molecule has 1 aliphatic rings. The lowest BCUT2D eigenvalue weighted by atomic mass is 10.2. The predicted octanol–water partition coefficient (Wildman–Crippen LogP) is 4.53. The first-order valence-corrected chi connectivity index (χ1v) is 8.61. The Hall–Kier alpha value is -2.73. The summed E-state index contributed by atoms with van der Waals surface area (Å²) in [6.07, 6.45) is 1.58. The van der Waals surface area contributed by atoms with Gasteiger partial charge in [-0.1, -0.05) is 36.9 Å². The van der Waals surface area contributed by atoms with Gasteiger partial charge in [0.25, 0.3) is 11.1 Å². The molecule has 6 heteroatoms. The highest BCUT2D eigenvalue weighted by Crippen LogP contribution is 2.33. The summed E-state index contributed by atoms with van der Waals surface area (Å²) in [4.78, 5) is 25.9. The summed E-state index contributed by atoms with van der Waals surface area (Å²) in [6.45, 7) is 6.03. The van der Waals surface area contributed by atoms with Crippen molar-refractivity contribution < 1.29 is 18.7 Å². The van der Waals surface area contributed by atoms with Crippen molar-refractivity contribution in [1.29, 1.82) is 0 Å². The monoisotopic (exact) mass is 355 g/mol. The molecular weight excluding hydrogens is 338 g/mol. The van der Waals surface area contributed by atoms with Crippen molar-refractivity contribution in [3.05, 3.63) is 65.5 Å². The highest BCUT2D eigenvalue weighted by atomic mass is 32.2. The van der Waals surface area contributed by atoms with Crippen molar-refractivity contribution in [2.45, 2.75) is 6.92 Å². The van der Waals surface area contributed by atoms with Gasteiger partial charge in [-0.2, -0.15) is 0 Å². The summed E-state index contributed by atoms with van der Waals surface area (Å²) in [6, 6.07) is 13.3. The second-order valence-corrected chi connectivity index (χ2v) is 6.30. The third-order valence-electron chi connectivity index (χ3n) is 3.51. The molecule has 1 fully saturated rings.